The molecule has 1 saturated carbocycles. The third-order valence-electron chi connectivity index (χ3n) is 5.86. The van der Waals surface area contributed by atoms with Gasteiger partial charge in [0.05, 0.1) is 0 Å². The van der Waals surface area contributed by atoms with Gasteiger partial charge in [-0.15, -0.1) is 0 Å². The minimum absolute atomic E-state index is 0.488. The zero-order valence-electron chi connectivity index (χ0n) is 20.1. The van der Waals surface area contributed by atoms with Gasteiger partial charge in [-0.05, 0) is 11.1 Å². The quantitative estimate of drug-likeness (QED) is 0.515. The Bertz CT molecular complexity index is 847. The lowest BCUT2D eigenvalue weighted by Crippen LogP contribution is -2.67. The van der Waals surface area contributed by atoms with Crippen LogP contribution in [-0.2, 0) is 38.0 Å². The highest BCUT2D eigenvalue weighted by Crippen LogP contribution is 2.37. The Morgan fingerprint density at radius 3 is 1.26 bits per heavy atom. The van der Waals surface area contributed by atoms with Crippen LogP contribution in [0.3, 0.4) is 0 Å². The molecule has 2 aromatic carbocycles. The normalized spacial score (nSPS) is 26.8. The maximum absolute atomic E-state index is 12.0. The van der Waals surface area contributed by atoms with Gasteiger partial charge < -0.3 is 28.4 Å². The van der Waals surface area contributed by atoms with E-state index in [1.165, 1.54) is 35.2 Å². The Hall–Kier alpha value is -2.78. The molecule has 0 saturated heterocycles. The molecule has 2 unspecified atom stereocenters. The highest BCUT2D eigenvalue weighted by molar-refractivity contribution is 5.67. The number of methoxy groups -OCH3 is 3. The summed E-state index contributed by atoms with van der Waals surface area (Å²) in [5.41, 5.74) is 1.83. The van der Waals surface area contributed by atoms with Gasteiger partial charge in [0, 0.05) is 35.2 Å². The molecule has 3 rings (SSSR count). The van der Waals surface area contributed by atoms with Crippen molar-refractivity contribution in [3.63, 3.8) is 0 Å². The van der Waals surface area contributed by atoms with Gasteiger partial charge in [0.25, 0.3) is 0 Å². The summed E-state index contributed by atoms with van der Waals surface area (Å²) in [5.74, 6) is -1.04. The van der Waals surface area contributed by atoms with E-state index in [9.17, 15) is 9.59 Å². The summed E-state index contributed by atoms with van der Waals surface area (Å²) in [6.07, 6.45) is -5.42. The van der Waals surface area contributed by atoms with Gasteiger partial charge in [-0.3, -0.25) is 9.59 Å². The van der Waals surface area contributed by atoms with E-state index in [0.717, 1.165) is 11.1 Å². The molecule has 6 atom stereocenters. The van der Waals surface area contributed by atoms with Crippen LogP contribution in [0.1, 0.15) is 31.1 Å². The molecule has 34 heavy (non-hydrogen) atoms. The number of carbonyl (C=O) groups excluding carboxylic acids is 2. The first-order chi connectivity index (χ1) is 16.4. The lowest BCUT2D eigenvalue weighted by Gasteiger charge is -2.48. The van der Waals surface area contributed by atoms with E-state index in [1.807, 2.05) is 60.7 Å². The third kappa shape index (κ3) is 5.82. The number of esters is 2. The standard InChI is InChI=1S/C26H32O8/c1-16(27)32-24-21(29-3)25(33-17(2)28)23(31-5)26(22(24)30-4)34-20(18-12-8-6-9-13-18)19-14-10-7-11-15-19/h6-15,20-26H,1-5H3/t21?,22-,23+,24+,25-,26?. The van der Waals surface area contributed by atoms with E-state index in [-0.39, 0.29) is 0 Å². The van der Waals surface area contributed by atoms with Crippen molar-refractivity contribution >= 4 is 11.9 Å². The van der Waals surface area contributed by atoms with Crippen molar-refractivity contribution in [3.8, 4) is 0 Å². The summed E-state index contributed by atoms with van der Waals surface area (Å²) < 4.78 is 35.2. The Labute approximate surface area is 200 Å². The lowest BCUT2D eigenvalue weighted by molar-refractivity contribution is -0.267. The lowest BCUT2D eigenvalue weighted by atomic mass is 9.83. The first kappa shape index (κ1) is 25.8. The molecule has 8 nitrogen and oxygen atoms in total. The van der Waals surface area contributed by atoms with E-state index in [4.69, 9.17) is 28.4 Å². The Morgan fingerprint density at radius 1 is 0.588 bits per heavy atom. The predicted octanol–water partition coefficient (Wildman–Crippen LogP) is 3.08. The van der Waals surface area contributed by atoms with E-state index < -0.39 is 54.7 Å². The Balaban J connectivity index is 2.08. The second kappa shape index (κ2) is 12.1. The highest BCUT2D eigenvalue weighted by atomic mass is 16.6. The molecule has 0 heterocycles. The average molecular weight is 473 g/mol. The van der Waals surface area contributed by atoms with Gasteiger partial charge in [-0.25, -0.2) is 0 Å². The third-order valence-corrected chi connectivity index (χ3v) is 5.86. The van der Waals surface area contributed by atoms with E-state index in [1.54, 1.807) is 0 Å². The summed E-state index contributed by atoms with van der Waals surface area (Å²) in [4.78, 5) is 23.9. The molecule has 0 radical (unpaired) electrons. The van der Waals surface area contributed by atoms with Crippen molar-refractivity contribution in [2.75, 3.05) is 21.3 Å². The van der Waals surface area contributed by atoms with Crippen LogP contribution in [0.5, 0.6) is 0 Å². The van der Waals surface area contributed by atoms with E-state index in [0.29, 0.717) is 0 Å². The maximum atomic E-state index is 12.0. The predicted molar refractivity (Wildman–Crippen MR) is 123 cm³/mol. The maximum Gasteiger partial charge on any atom is 0.303 e. The fourth-order valence-corrected chi connectivity index (χ4v) is 4.50. The number of rotatable bonds is 9. The van der Waals surface area contributed by atoms with Gasteiger partial charge >= 0.3 is 11.9 Å². The number of ether oxygens (including phenoxy) is 6. The summed E-state index contributed by atoms with van der Waals surface area (Å²) in [5, 5.41) is 0. The van der Waals surface area contributed by atoms with Crippen molar-refractivity contribution in [2.45, 2.75) is 56.6 Å². The number of hydrogen-bond donors (Lipinski definition) is 0. The number of carbonyl (C=O) groups is 2. The van der Waals surface area contributed by atoms with Crippen molar-refractivity contribution in [2.24, 2.45) is 0 Å². The van der Waals surface area contributed by atoms with Crippen LogP contribution in [0.2, 0.25) is 0 Å². The molecule has 8 heteroatoms. The molecule has 1 aliphatic rings. The van der Waals surface area contributed by atoms with Crippen LogP contribution < -0.4 is 0 Å². The van der Waals surface area contributed by atoms with Gasteiger partial charge in [0.15, 0.2) is 12.2 Å². The zero-order chi connectivity index (χ0) is 24.7. The molecule has 1 aliphatic carbocycles. The van der Waals surface area contributed by atoms with Crippen LogP contribution in [0.25, 0.3) is 0 Å². The minimum Gasteiger partial charge on any atom is -0.457 e. The second-order valence-corrected chi connectivity index (χ2v) is 8.05. The summed E-state index contributed by atoms with van der Waals surface area (Å²) in [6.45, 7) is 2.60. The van der Waals surface area contributed by atoms with Gasteiger partial charge in [0.1, 0.15) is 30.5 Å². The van der Waals surface area contributed by atoms with Crippen LogP contribution in [0.4, 0.5) is 0 Å². The van der Waals surface area contributed by atoms with Crippen molar-refractivity contribution in [1.29, 1.82) is 0 Å². The molecule has 0 aromatic heterocycles. The fraction of sp³-hybridized carbons (Fsp3) is 0.462. The van der Waals surface area contributed by atoms with Gasteiger partial charge in [-0.2, -0.15) is 0 Å². The summed E-state index contributed by atoms with van der Waals surface area (Å²) in [7, 11) is 4.46. The molecule has 0 N–H and O–H groups in total. The van der Waals surface area contributed by atoms with Crippen LogP contribution in [0, 0.1) is 0 Å². The van der Waals surface area contributed by atoms with Crippen LogP contribution >= 0.6 is 0 Å². The smallest absolute Gasteiger partial charge is 0.303 e. The Morgan fingerprint density at radius 2 is 0.941 bits per heavy atom. The van der Waals surface area contributed by atoms with Crippen molar-refractivity contribution in [1.82, 2.24) is 0 Å². The number of hydrogen-bond acceptors (Lipinski definition) is 8. The molecule has 0 amide bonds. The SMILES string of the molecule is COC1[C@@H](OC(C)=O)[C@H](OC)C(OC(c2ccccc2)c2ccccc2)[C@H](OC)[C@H]1OC(C)=O. The number of benzene rings is 2. The van der Waals surface area contributed by atoms with Crippen LogP contribution in [-0.4, -0.2) is 69.9 Å². The van der Waals surface area contributed by atoms with Gasteiger partial charge in [0.2, 0.25) is 0 Å². The van der Waals surface area contributed by atoms with Crippen molar-refractivity contribution < 1.29 is 38.0 Å². The molecule has 0 bridgehead atoms. The fourth-order valence-electron chi connectivity index (χ4n) is 4.50. The molecular weight excluding hydrogens is 440 g/mol. The second-order valence-electron chi connectivity index (χ2n) is 8.05. The zero-order valence-corrected chi connectivity index (χ0v) is 20.1. The minimum atomic E-state index is -0.902. The monoisotopic (exact) mass is 472 g/mol. The molecule has 0 aliphatic heterocycles. The Kier molecular flexibility index (Phi) is 9.18. The summed E-state index contributed by atoms with van der Waals surface area (Å²) in [6, 6.07) is 19.5. The largest absolute Gasteiger partial charge is 0.457 e. The topological polar surface area (TPSA) is 89.5 Å². The first-order valence-electron chi connectivity index (χ1n) is 11.1. The highest BCUT2D eigenvalue weighted by Gasteiger charge is 2.56. The van der Waals surface area contributed by atoms with Crippen molar-refractivity contribution in [3.05, 3.63) is 71.8 Å². The van der Waals surface area contributed by atoms with Gasteiger partial charge in [-0.1, -0.05) is 60.7 Å². The average Bonchev–Trinajstić information content (AvgIpc) is 2.83. The summed E-state index contributed by atoms with van der Waals surface area (Å²) >= 11 is 0. The molecule has 2 aromatic rings. The first-order valence-corrected chi connectivity index (χ1v) is 11.1. The van der Waals surface area contributed by atoms with E-state index >= 15 is 0 Å². The molecule has 0 spiro atoms. The van der Waals surface area contributed by atoms with Crippen LogP contribution in [0.15, 0.2) is 60.7 Å². The van der Waals surface area contributed by atoms with E-state index in [2.05, 4.69) is 0 Å². The molecule has 1 fully saturated rings. The molecular formula is C26H32O8. The molecule has 184 valence electrons.